The third-order valence-electron chi connectivity index (χ3n) is 6.89. The predicted molar refractivity (Wildman–Crippen MR) is 128 cm³/mol. The fourth-order valence-corrected chi connectivity index (χ4v) is 6.39. The number of anilines is 1. The first-order valence-corrected chi connectivity index (χ1v) is 13.4. The number of benzene rings is 1. The molecule has 1 aliphatic carbocycles. The van der Waals surface area contributed by atoms with Crippen molar-refractivity contribution in [2.45, 2.75) is 53.6 Å². The van der Waals surface area contributed by atoms with Gasteiger partial charge in [0.05, 0.1) is 35.1 Å². The second-order valence-corrected chi connectivity index (χ2v) is 11.7. The van der Waals surface area contributed by atoms with Crippen molar-refractivity contribution in [2.24, 2.45) is 0 Å². The Labute approximate surface area is 211 Å². The van der Waals surface area contributed by atoms with E-state index < -0.39 is 32.4 Å². The number of halogens is 3. The summed E-state index contributed by atoms with van der Waals surface area (Å²) >= 11 is 0. The molecule has 0 spiro atoms. The van der Waals surface area contributed by atoms with Crippen molar-refractivity contribution in [1.29, 1.82) is 0 Å². The number of hydrogen-bond donors (Lipinski definition) is 2. The lowest BCUT2D eigenvalue weighted by Gasteiger charge is -2.35. The second kappa shape index (κ2) is 9.66. The van der Waals surface area contributed by atoms with Gasteiger partial charge >= 0.3 is 6.18 Å². The van der Waals surface area contributed by atoms with Crippen LogP contribution in [0.3, 0.4) is 0 Å². The summed E-state index contributed by atoms with van der Waals surface area (Å²) in [5, 5.41) is 21.0. The lowest BCUT2D eigenvalue weighted by molar-refractivity contribution is -0.187. The van der Waals surface area contributed by atoms with Crippen LogP contribution in [0.25, 0.3) is 11.1 Å². The van der Waals surface area contributed by atoms with Crippen LogP contribution in [0.15, 0.2) is 59.8 Å². The Hall–Kier alpha value is -3.09. The number of hydrogen-bond acceptors (Lipinski definition) is 8. The predicted octanol–water partition coefficient (Wildman–Crippen LogP) is 3.97. The number of aromatic nitrogens is 3. The van der Waals surface area contributed by atoms with Gasteiger partial charge in [-0.15, -0.1) is 0 Å². The molecular weight excluding hydrogens is 509 g/mol. The van der Waals surface area contributed by atoms with Crippen LogP contribution < -0.4 is 5.32 Å². The van der Waals surface area contributed by atoms with Crippen LogP contribution >= 0.6 is 0 Å². The first-order chi connectivity index (χ1) is 17.5. The number of pyridine rings is 1. The molecule has 37 heavy (non-hydrogen) atoms. The number of sulfone groups is 1. The van der Waals surface area contributed by atoms with E-state index in [0.29, 0.717) is 42.8 Å². The first kappa shape index (κ1) is 25.6. The van der Waals surface area contributed by atoms with Gasteiger partial charge in [-0.05, 0) is 61.6 Å². The van der Waals surface area contributed by atoms with Crippen molar-refractivity contribution in [2.75, 3.05) is 18.5 Å². The number of alkyl halides is 3. The van der Waals surface area contributed by atoms with Crippen LogP contribution in [0, 0.1) is 0 Å². The zero-order valence-corrected chi connectivity index (χ0v) is 20.5. The lowest BCUT2D eigenvalue weighted by Crippen LogP contribution is -2.47. The molecule has 2 fully saturated rings. The minimum atomic E-state index is -4.44. The van der Waals surface area contributed by atoms with E-state index in [4.69, 9.17) is 4.74 Å². The Kier molecular flexibility index (Phi) is 6.67. The molecule has 8 nitrogen and oxygen atoms in total. The average molecular weight is 535 g/mol. The molecule has 0 unspecified atom stereocenters. The molecule has 1 aromatic carbocycles. The summed E-state index contributed by atoms with van der Waals surface area (Å²) in [4.78, 5) is 4.06. The molecule has 2 aliphatic rings. The monoisotopic (exact) mass is 534 g/mol. The SMILES string of the molecule is O=S(=O)(c1ccc(-c2cnnc(C3(O)COC3)c2)cc1)[C@H]1CC[C@H](Nc2ccc(C(F)(F)F)cn2)CC1. The van der Waals surface area contributed by atoms with Gasteiger partial charge in [-0.1, -0.05) is 12.1 Å². The summed E-state index contributed by atoms with van der Waals surface area (Å²) in [6, 6.07) is 10.5. The molecular formula is C25H25F3N4O4S. The first-order valence-electron chi connectivity index (χ1n) is 11.8. The quantitative estimate of drug-likeness (QED) is 0.488. The van der Waals surface area contributed by atoms with Crippen molar-refractivity contribution >= 4 is 15.7 Å². The molecule has 1 saturated carbocycles. The molecule has 0 atom stereocenters. The highest BCUT2D eigenvalue weighted by Crippen LogP contribution is 2.33. The highest BCUT2D eigenvalue weighted by atomic mass is 32.2. The third kappa shape index (κ3) is 5.32. The van der Waals surface area contributed by atoms with Crippen LogP contribution in [-0.4, -0.2) is 53.2 Å². The highest BCUT2D eigenvalue weighted by molar-refractivity contribution is 7.92. The molecule has 0 amide bonds. The topological polar surface area (TPSA) is 114 Å². The van der Waals surface area contributed by atoms with Crippen molar-refractivity contribution in [3.05, 3.63) is 66.1 Å². The largest absolute Gasteiger partial charge is 0.417 e. The minimum absolute atomic E-state index is 0.0673. The van der Waals surface area contributed by atoms with E-state index in [1.54, 1.807) is 36.5 Å². The molecule has 3 heterocycles. The van der Waals surface area contributed by atoms with Gasteiger partial charge in [0.25, 0.3) is 0 Å². The Bertz CT molecular complexity index is 1350. The summed E-state index contributed by atoms with van der Waals surface area (Å²) in [6.45, 7) is 0.307. The fourth-order valence-electron chi connectivity index (χ4n) is 4.60. The van der Waals surface area contributed by atoms with E-state index in [0.717, 1.165) is 17.8 Å². The molecule has 1 aliphatic heterocycles. The van der Waals surface area contributed by atoms with Gasteiger partial charge in [0.15, 0.2) is 15.4 Å². The standard InChI is InChI=1S/C25H25F3N4O4S/c26-25(27,28)18-3-10-23(29-13-18)31-19-4-8-21(9-5-19)37(34,35)20-6-1-16(2-7-20)17-11-22(32-30-12-17)24(33)14-36-15-24/h1-3,6-7,10-13,19,21,33H,4-5,8-9,14-15H2,(H,29,31)/t19-,21-. The number of nitrogens with zero attached hydrogens (tertiary/aromatic N) is 3. The van der Waals surface area contributed by atoms with E-state index in [9.17, 15) is 26.7 Å². The van der Waals surface area contributed by atoms with Crippen molar-refractivity contribution in [1.82, 2.24) is 15.2 Å². The average Bonchev–Trinajstić information content (AvgIpc) is 2.87. The van der Waals surface area contributed by atoms with Crippen LogP contribution in [0.4, 0.5) is 19.0 Å². The molecule has 12 heteroatoms. The van der Waals surface area contributed by atoms with E-state index in [-0.39, 0.29) is 24.2 Å². The molecule has 0 radical (unpaired) electrons. The number of aliphatic hydroxyl groups is 1. The Morgan fingerprint density at radius 2 is 1.68 bits per heavy atom. The summed E-state index contributed by atoms with van der Waals surface area (Å²) in [6.07, 6.45) is -0.126. The molecule has 2 aromatic heterocycles. The molecule has 0 bridgehead atoms. The van der Waals surface area contributed by atoms with Gasteiger partial charge in [0.1, 0.15) is 11.5 Å². The van der Waals surface area contributed by atoms with Gasteiger partial charge in [-0.25, -0.2) is 13.4 Å². The molecule has 2 N–H and O–H groups in total. The van der Waals surface area contributed by atoms with Crippen molar-refractivity contribution < 1.29 is 31.4 Å². The van der Waals surface area contributed by atoms with E-state index in [1.807, 2.05) is 0 Å². The normalized spacial score (nSPS) is 21.7. The molecule has 196 valence electrons. The van der Waals surface area contributed by atoms with E-state index >= 15 is 0 Å². The summed E-state index contributed by atoms with van der Waals surface area (Å²) in [7, 11) is -3.56. The third-order valence-corrected chi connectivity index (χ3v) is 9.16. The van der Waals surface area contributed by atoms with Gasteiger partial charge in [-0.3, -0.25) is 0 Å². The summed E-state index contributed by atoms with van der Waals surface area (Å²) in [5.41, 5.74) is -0.106. The maximum Gasteiger partial charge on any atom is 0.417 e. The van der Waals surface area contributed by atoms with Gasteiger partial charge in [-0.2, -0.15) is 23.4 Å². The lowest BCUT2D eigenvalue weighted by atomic mass is 9.95. The molecule has 1 saturated heterocycles. The fraction of sp³-hybridized carbons (Fsp3) is 0.400. The summed E-state index contributed by atoms with van der Waals surface area (Å²) in [5.74, 6) is 0.334. The van der Waals surface area contributed by atoms with Gasteiger partial charge in [0.2, 0.25) is 0 Å². The maximum atomic E-state index is 13.3. The van der Waals surface area contributed by atoms with E-state index in [1.165, 1.54) is 6.07 Å². The zero-order chi connectivity index (χ0) is 26.3. The van der Waals surface area contributed by atoms with Crippen LogP contribution in [0.5, 0.6) is 0 Å². The van der Waals surface area contributed by atoms with E-state index in [2.05, 4.69) is 20.5 Å². The molecule has 3 aromatic rings. The van der Waals surface area contributed by atoms with Crippen molar-refractivity contribution in [3.8, 4) is 11.1 Å². The van der Waals surface area contributed by atoms with Crippen LogP contribution in [0.2, 0.25) is 0 Å². The van der Waals surface area contributed by atoms with Gasteiger partial charge in [0, 0.05) is 17.8 Å². The Balaban J connectivity index is 1.21. The minimum Gasteiger partial charge on any atom is -0.379 e. The number of ether oxygens (including phenoxy) is 1. The highest BCUT2D eigenvalue weighted by Gasteiger charge is 2.40. The Morgan fingerprint density at radius 3 is 2.24 bits per heavy atom. The second-order valence-electron chi connectivity index (χ2n) is 9.47. The summed E-state index contributed by atoms with van der Waals surface area (Å²) < 4.78 is 69.7. The molecule has 5 rings (SSSR count). The maximum absolute atomic E-state index is 13.3. The van der Waals surface area contributed by atoms with Crippen LogP contribution in [0.1, 0.15) is 36.9 Å². The zero-order valence-electron chi connectivity index (χ0n) is 19.6. The Morgan fingerprint density at radius 1 is 0.973 bits per heavy atom. The van der Waals surface area contributed by atoms with Crippen LogP contribution in [-0.2, 0) is 26.4 Å². The van der Waals surface area contributed by atoms with Gasteiger partial charge < -0.3 is 15.2 Å². The number of nitrogens with one attached hydrogen (secondary N) is 1. The smallest absolute Gasteiger partial charge is 0.379 e. The number of rotatable bonds is 6. The van der Waals surface area contributed by atoms with Crippen molar-refractivity contribution in [3.63, 3.8) is 0 Å².